The first-order valence-corrected chi connectivity index (χ1v) is 10.5. The smallest absolute Gasteiger partial charge is 0.203 e. The quantitative estimate of drug-likeness (QED) is 0.452. The van der Waals surface area contributed by atoms with Crippen molar-refractivity contribution in [3.63, 3.8) is 0 Å². The lowest BCUT2D eigenvalue weighted by Crippen LogP contribution is -2.32. The summed E-state index contributed by atoms with van der Waals surface area (Å²) in [5.41, 5.74) is 6.34. The monoisotopic (exact) mass is 399 g/mol. The summed E-state index contributed by atoms with van der Waals surface area (Å²) < 4.78 is 9.86. The molecule has 0 amide bonds. The molecule has 1 heterocycles. The molecule has 1 unspecified atom stereocenters. The molecule has 1 aromatic heterocycles. The van der Waals surface area contributed by atoms with Gasteiger partial charge in [-0.15, -0.1) is 0 Å². The molecule has 0 radical (unpaired) electrons. The van der Waals surface area contributed by atoms with E-state index in [9.17, 15) is 0 Å². The van der Waals surface area contributed by atoms with Crippen molar-refractivity contribution in [3.05, 3.63) is 101 Å². The Labute approximate surface area is 177 Å². The Morgan fingerprint density at radius 2 is 1.43 bits per heavy atom. The Hall–Kier alpha value is -3.11. The number of nitrogens with one attached hydrogen (secondary N) is 1. The third-order valence-electron chi connectivity index (χ3n) is 5.84. The molecule has 4 aromatic rings. The summed E-state index contributed by atoms with van der Waals surface area (Å²) in [6.45, 7) is 4.82. The first kappa shape index (κ1) is 20.2. The van der Waals surface area contributed by atoms with E-state index in [-0.39, 0.29) is 12.1 Å². The van der Waals surface area contributed by atoms with E-state index >= 15 is 0 Å². The van der Waals surface area contributed by atoms with Gasteiger partial charge >= 0.3 is 0 Å². The summed E-state index contributed by atoms with van der Waals surface area (Å²) in [5, 5.41) is 9.13. The van der Waals surface area contributed by atoms with Crippen molar-refractivity contribution < 1.29 is 4.74 Å². The van der Waals surface area contributed by atoms with Gasteiger partial charge in [0.2, 0.25) is 5.62 Å². The van der Waals surface area contributed by atoms with E-state index in [0.29, 0.717) is 12.2 Å². The van der Waals surface area contributed by atoms with Crippen LogP contribution in [0, 0.1) is 12.3 Å². The van der Waals surface area contributed by atoms with Crippen LogP contribution < -0.4 is 5.62 Å². The van der Waals surface area contributed by atoms with Gasteiger partial charge in [-0.05, 0) is 43.5 Å². The maximum absolute atomic E-state index is 9.13. The fourth-order valence-corrected chi connectivity index (χ4v) is 4.27. The third-order valence-corrected chi connectivity index (χ3v) is 5.84. The van der Waals surface area contributed by atoms with Crippen molar-refractivity contribution in [2.75, 3.05) is 13.7 Å². The van der Waals surface area contributed by atoms with Gasteiger partial charge in [-0.3, -0.25) is 5.41 Å². The predicted octanol–water partition coefficient (Wildman–Crippen LogP) is 5.27. The summed E-state index contributed by atoms with van der Waals surface area (Å²) in [6.07, 6.45) is 0.818. The van der Waals surface area contributed by atoms with Crippen molar-refractivity contribution in [2.45, 2.75) is 32.4 Å². The highest BCUT2D eigenvalue weighted by molar-refractivity contribution is 5.76. The van der Waals surface area contributed by atoms with Crippen LogP contribution in [0.5, 0.6) is 0 Å². The number of ether oxygens (including phenoxy) is 1. The lowest BCUT2D eigenvalue weighted by atomic mass is 10.0. The Morgan fingerprint density at radius 3 is 2.07 bits per heavy atom. The Morgan fingerprint density at radius 1 is 0.833 bits per heavy atom. The van der Waals surface area contributed by atoms with Crippen LogP contribution in [0.3, 0.4) is 0 Å². The first-order valence-electron chi connectivity index (χ1n) is 10.5. The van der Waals surface area contributed by atoms with Crippen molar-refractivity contribution in [1.29, 1.82) is 5.41 Å². The number of methoxy groups -OCH3 is 1. The van der Waals surface area contributed by atoms with E-state index < -0.39 is 0 Å². The highest BCUT2D eigenvalue weighted by Gasteiger charge is 2.22. The lowest BCUT2D eigenvalue weighted by Gasteiger charge is -2.20. The molecule has 0 aliphatic carbocycles. The van der Waals surface area contributed by atoms with E-state index in [1.807, 2.05) is 18.2 Å². The summed E-state index contributed by atoms with van der Waals surface area (Å²) in [7, 11) is 1.73. The number of para-hydroxylation sites is 2. The van der Waals surface area contributed by atoms with Gasteiger partial charge in [0.05, 0.1) is 29.7 Å². The van der Waals surface area contributed by atoms with Crippen LogP contribution in [-0.4, -0.2) is 22.9 Å². The average molecular weight is 400 g/mol. The van der Waals surface area contributed by atoms with Gasteiger partial charge in [-0.2, -0.15) is 0 Å². The van der Waals surface area contributed by atoms with Crippen LogP contribution in [-0.2, 0) is 11.2 Å². The molecule has 1 N–H and O–H groups in total. The van der Waals surface area contributed by atoms with Crippen LogP contribution in [0.25, 0.3) is 11.0 Å². The number of hydrogen-bond acceptors (Lipinski definition) is 2. The summed E-state index contributed by atoms with van der Waals surface area (Å²) in [5.74, 6) is 0. The molecule has 4 rings (SSSR count). The molecule has 3 aromatic carbocycles. The van der Waals surface area contributed by atoms with Crippen molar-refractivity contribution in [3.8, 4) is 0 Å². The second-order valence-electron chi connectivity index (χ2n) is 7.94. The van der Waals surface area contributed by atoms with Gasteiger partial charge in [0.15, 0.2) is 0 Å². The summed E-state index contributed by atoms with van der Waals surface area (Å²) in [4.78, 5) is 0. The molecule has 0 saturated carbocycles. The average Bonchev–Trinajstić information content (AvgIpc) is 3.07. The molecule has 0 saturated heterocycles. The molecule has 0 aliphatic rings. The number of imidazole rings is 1. The van der Waals surface area contributed by atoms with Crippen LogP contribution in [0.15, 0.2) is 78.9 Å². The van der Waals surface area contributed by atoms with Crippen LogP contribution >= 0.6 is 0 Å². The molecule has 4 nitrogen and oxygen atoms in total. The zero-order valence-corrected chi connectivity index (χ0v) is 17.9. The van der Waals surface area contributed by atoms with Gasteiger partial charge in [-0.1, -0.05) is 72.3 Å². The third kappa shape index (κ3) is 3.83. The standard InChI is InChI=1S/C26H29N3O/c1-19-13-15-21(16-14-19)17-23(18-30-3)29-25-12-8-7-11-24(25)28(26(29)27)20(2)22-9-5-4-6-10-22/h4-16,20,23,27H,17-18H2,1-3H3/t20?,23-/m0/s1. The highest BCUT2D eigenvalue weighted by Crippen LogP contribution is 2.26. The Balaban J connectivity index is 1.84. The van der Waals surface area contributed by atoms with E-state index in [1.165, 1.54) is 16.7 Å². The van der Waals surface area contributed by atoms with Gasteiger partial charge < -0.3 is 13.9 Å². The van der Waals surface area contributed by atoms with Gasteiger partial charge in [-0.25, -0.2) is 0 Å². The zero-order valence-electron chi connectivity index (χ0n) is 17.9. The number of hydrogen-bond donors (Lipinski definition) is 1. The molecule has 30 heavy (non-hydrogen) atoms. The van der Waals surface area contributed by atoms with Crippen molar-refractivity contribution in [1.82, 2.24) is 9.13 Å². The van der Waals surface area contributed by atoms with E-state index in [0.717, 1.165) is 17.5 Å². The van der Waals surface area contributed by atoms with E-state index in [2.05, 4.69) is 83.6 Å². The number of nitrogens with zero attached hydrogens (tertiary/aromatic N) is 2. The summed E-state index contributed by atoms with van der Waals surface area (Å²) >= 11 is 0. The second kappa shape index (κ2) is 8.72. The molecule has 4 heteroatoms. The normalized spacial score (nSPS) is 13.4. The van der Waals surface area contributed by atoms with E-state index in [4.69, 9.17) is 10.1 Å². The van der Waals surface area contributed by atoms with Crippen LogP contribution in [0.4, 0.5) is 0 Å². The number of aromatic nitrogens is 2. The molecule has 0 bridgehead atoms. The minimum absolute atomic E-state index is 0.0410. The van der Waals surface area contributed by atoms with Gasteiger partial charge in [0, 0.05) is 7.11 Å². The number of fused-ring (bicyclic) bond motifs is 1. The molecule has 2 atom stereocenters. The topological polar surface area (TPSA) is 42.9 Å². The van der Waals surface area contributed by atoms with Crippen molar-refractivity contribution in [2.24, 2.45) is 0 Å². The van der Waals surface area contributed by atoms with Crippen molar-refractivity contribution >= 4 is 11.0 Å². The SMILES string of the molecule is COC[C@H](Cc1ccc(C)cc1)n1c(=N)n(C(C)c2ccccc2)c2ccccc21. The first-order chi connectivity index (χ1) is 14.6. The minimum atomic E-state index is 0.0410. The fraction of sp³-hybridized carbons (Fsp3) is 0.269. The largest absolute Gasteiger partial charge is 0.383 e. The van der Waals surface area contributed by atoms with Gasteiger partial charge in [0.1, 0.15) is 0 Å². The predicted molar refractivity (Wildman–Crippen MR) is 122 cm³/mol. The lowest BCUT2D eigenvalue weighted by molar-refractivity contribution is 0.154. The summed E-state index contributed by atoms with van der Waals surface area (Å²) in [6, 6.07) is 27.5. The molecule has 154 valence electrons. The molecule has 0 aliphatic heterocycles. The number of rotatable bonds is 7. The molecular formula is C26H29N3O. The second-order valence-corrected chi connectivity index (χ2v) is 7.94. The molecular weight excluding hydrogens is 370 g/mol. The Kier molecular flexibility index (Phi) is 5.86. The number of benzene rings is 3. The van der Waals surface area contributed by atoms with Crippen LogP contribution in [0.2, 0.25) is 0 Å². The molecule has 0 spiro atoms. The van der Waals surface area contributed by atoms with Gasteiger partial charge in [0.25, 0.3) is 0 Å². The van der Waals surface area contributed by atoms with Crippen LogP contribution in [0.1, 0.15) is 35.7 Å². The molecule has 0 fully saturated rings. The van der Waals surface area contributed by atoms with E-state index in [1.54, 1.807) is 7.11 Å². The fourth-order valence-electron chi connectivity index (χ4n) is 4.27. The minimum Gasteiger partial charge on any atom is -0.383 e. The maximum Gasteiger partial charge on any atom is 0.203 e. The zero-order chi connectivity index (χ0) is 21.1. The Bertz CT molecular complexity index is 1170. The highest BCUT2D eigenvalue weighted by atomic mass is 16.5. The maximum atomic E-state index is 9.13. The number of aryl methyl sites for hydroxylation is 1.